The van der Waals surface area contributed by atoms with Gasteiger partial charge in [0, 0.05) is 42.2 Å². The number of nitrogens with one attached hydrogen (secondary N) is 1. The number of nitrogens with zero attached hydrogens (tertiary/aromatic N) is 1. The number of halogens is 1. The van der Waals surface area contributed by atoms with E-state index < -0.39 is 5.63 Å². The van der Waals surface area contributed by atoms with Crippen LogP contribution in [0.2, 0.25) is 0 Å². The minimum Gasteiger partial charge on any atom is -0.484 e. The number of ether oxygens (including phenoxy) is 1. The van der Waals surface area contributed by atoms with E-state index in [0.717, 1.165) is 5.39 Å². The third-order valence-electron chi connectivity index (χ3n) is 5.25. The third-order valence-corrected chi connectivity index (χ3v) is 5.25. The van der Waals surface area contributed by atoms with E-state index in [4.69, 9.17) is 9.15 Å². The second-order valence-corrected chi connectivity index (χ2v) is 7.38. The Balaban J connectivity index is 1.26. The van der Waals surface area contributed by atoms with Gasteiger partial charge < -0.3 is 19.4 Å². The van der Waals surface area contributed by atoms with Gasteiger partial charge >= 0.3 is 5.63 Å². The number of carbonyl (C=O) groups excluding carboxylic acids is 2. The summed E-state index contributed by atoms with van der Waals surface area (Å²) >= 11 is 0. The molecule has 1 N–H and O–H groups in total. The van der Waals surface area contributed by atoms with E-state index in [9.17, 15) is 18.8 Å². The molecule has 1 aliphatic heterocycles. The topological polar surface area (TPSA) is 88.9 Å². The van der Waals surface area contributed by atoms with Gasteiger partial charge in [-0.15, -0.1) is 0 Å². The quantitative estimate of drug-likeness (QED) is 0.637. The Hall–Kier alpha value is -3.68. The summed E-state index contributed by atoms with van der Waals surface area (Å²) < 4.78 is 23.7. The molecule has 31 heavy (non-hydrogen) atoms. The molecule has 0 spiro atoms. The monoisotopic (exact) mass is 424 g/mol. The molecule has 0 saturated carbocycles. The standard InChI is InChI=1S/C23H21FN2O5/c24-17-5-1-16(2-6-17)23(29)25-18-9-11-26(12-10-18)21(27)14-30-19-7-3-15-4-8-22(28)31-20(15)13-19/h1-8,13,18H,9-12,14H2,(H,25,29). The molecule has 1 saturated heterocycles. The van der Waals surface area contributed by atoms with Gasteiger partial charge in [0.15, 0.2) is 6.61 Å². The molecule has 3 aromatic rings. The lowest BCUT2D eigenvalue weighted by molar-refractivity contribution is -0.134. The fourth-order valence-corrected chi connectivity index (χ4v) is 3.51. The number of hydrogen-bond acceptors (Lipinski definition) is 5. The average Bonchev–Trinajstić information content (AvgIpc) is 2.78. The molecule has 0 bridgehead atoms. The Kier molecular flexibility index (Phi) is 5.97. The molecule has 2 amide bonds. The maximum atomic E-state index is 13.0. The molecule has 4 rings (SSSR count). The molecule has 0 unspecified atom stereocenters. The van der Waals surface area contributed by atoms with Crippen molar-refractivity contribution in [3.05, 3.63) is 76.4 Å². The van der Waals surface area contributed by atoms with Crippen LogP contribution in [0.3, 0.4) is 0 Å². The van der Waals surface area contributed by atoms with Crippen molar-refractivity contribution in [3.63, 3.8) is 0 Å². The summed E-state index contributed by atoms with van der Waals surface area (Å²) in [6, 6.07) is 13.4. The van der Waals surface area contributed by atoms with Crippen LogP contribution in [0.4, 0.5) is 4.39 Å². The Morgan fingerprint density at radius 1 is 1.06 bits per heavy atom. The predicted molar refractivity (Wildman–Crippen MR) is 111 cm³/mol. The zero-order valence-electron chi connectivity index (χ0n) is 16.7. The first-order valence-electron chi connectivity index (χ1n) is 9.99. The van der Waals surface area contributed by atoms with Crippen molar-refractivity contribution in [2.24, 2.45) is 0 Å². The van der Waals surface area contributed by atoms with Crippen LogP contribution < -0.4 is 15.7 Å². The smallest absolute Gasteiger partial charge is 0.336 e. The Bertz CT molecular complexity index is 1150. The van der Waals surface area contributed by atoms with Crippen LogP contribution in [-0.4, -0.2) is 42.5 Å². The predicted octanol–water partition coefficient (Wildman–Crippen LogP) is 2.73. The van der Waals surface area contributed by atoms with E-state index in [1.165, 1.54) is 30.3 Å². The Labute approximate surface area is 177 Å². The first-order valence-corrected chi connectivity index (χ1v) is 9.99. The lowest BCUT2D eigenvalue weighted by Crippen LogP contribution is -2.47. The van der Waals surface area contributed by atoms with Gasteiger partial charge in [-0.1, -0.05) is 0 Å². The largest absolute Gasteiger partial charge is 0.484 e. The molecular formula is C23H21FN2O5. The van der Waals surface area contributed by atoms with E-state index in [-0.39, 0.29) is 30.3 Å². The zero-order chi connectivity index (χ0) is 21.8. The average molecular weight is 424 g/mol. The number of carbonyl (C=O) groups is 2. The molecule has 160 valence electrons. The Morgan fingerprint density at radius 2 is 1.77 bits per heavy atom. The molecule has 2 heterocycles. The van der Waals surface area contributed by atoms with Gasteiger partial charge in [0.1, 0.15) is 17.1 Å². The molecule has 7 nitrogen and oxygen atoms in total. The highest BCUT2D eigenvalue weighted by Gasteiger charge is 2.24. The summed E-state index contributed by atoms with van der Waals surface area (Å²) in [6.45, 7) is 0.876. The number of likely N-dealkylation sites (tertiary alicyclic amines) is 1. The highest BCUT2D eigenvalue weighted by atomic mass is 19.1. The maximum absolute atomic E-state index is 13.0. The van der Waals surface area contributed by atoms with Crippen LogP contribution >= 0.6 is 0 Å². The van der Waals surface area contributed by atoms with Crippen LogP contribution in [0.15, 0.2) is 63.8 Å². The molecule has 1 aromatic heterocycles. The van der Waals surface area contributed by atoms with Crippen LogP contribution in [0.25, 0.3) is 11.0 Å². The first-order chi connectivity index (χ1) is 15.0. The number of rotatable bonds is 5. The van der Waals surface area contributed by atoms with Gasteiger partial charge in [0.25, 0.3) is 11.8 Å². The van der Waals surface area contributed by atoms with Crippen LogP contribution in [0.5, 0.6) is 5.75 Å². The highest BCUT2D eigenvalue weighted by molar-refractivity contribution is 5.94. The van der Waals surface area contributed by atoms with Crippen molar-refractivity contribution < 1.29 is 23.1 Å². The van der Waals surface area contributed by atoms with Gasteiger partial charge in [-0.3, -0.25) is 9.59 Å². The summed E-state index contributed by atoms with van der Waals surface area (Å²) in [7, 11) is 0. The van der Waals surface area contributed by atoms with Gasteiger partial charge in [0.05, 0.1) is 0 Å². The van der Waals surface area contributed by atoms with E-state index in [1.807, 2.05) is 0 Å². The van der Waals surface area contributed by atoms with Crippen molar-refractivity contribution in [1.29, 1.82) is 0 Å². The molecule has 0 radical (unpaired) electrons. The fraction of sp³-hybridized carbons (Fsp3) is 0.261. The van der Waals surface area contributed by atoms with Gasteiger partial charge in [0.2, 0.25) is 0 Å². The lowest BCUT2D eigenvalue weighted by atomic mass is 10.0. The van der Waals surface area contributed by atoms with Gasteiger partial charge in [-0.2, -0.15) is 0 Å². The molecule has 0 aliphatic carbocycles. The summed E-state index contributed by atoms with van der Waals surface area (Å²) in [4.78, 5) is 37.8. The third kappa shape index (κ3) is 5.09. The number of amides is 2. The molecular weight excluding hydrogens is 403 g/mol. The van der Waals surface area contributed by atoms with Crippen molar-refractivity contribution in [1.82, 2.24) is 10.2 Å². The minimum atomic E-state index is -0.449. The summed E-state index contributed by atoms with van der Waals surface area (Å²) in [5.74, 6) is -0.357. The van der Waals surface area contributed by atoms with E-state index in [1.54, 1.807) is 29.2 Å². The van der Waals surface area contributed by atoms with Crippen LogP contribution in [-0.2, 0) is 4.79 Å². The first kappa shape index (κ1) is 20.6. The normalized spacial score (nSPS) is 14.4. The maximum Gasteiger partial charge on any atom is 0.336 e. The molecule has 1 fully saturated rings. The summed E-state index contributed by atoms with van der Waals surface area (Å²) in [6.07, 6.45) is 1.25. The fourth-order valence-electron chi connectivity index (χ4n) is 3.51. The number of hydrogen-bond donors (Lipinski definition) is 1. The SMILES string of the molecule is O=C(NC1CCN(C(=O)COc2ccc3ccc(=O)oc3c2)CC1)c1ccc(F)cc1. The molecule has 8 heteroatoms. The van der Waals surface area contributed by atoms with Crippen LogP contribution in [0.1, 0.15) is 23.2 Å². The van der Waals surface area contributed by atoms with Crippen molar-refractivity contribution in [2.75, 3.05) is 19.7 Å². The lowest BCUT2D eigenvalue weighted by Gasteiger charge is -2.32. The number of benzene rings is 2. The van der Waals surface area contributed by atoms with Gasteiger partial charge in [-0.05, 0) is 55.3 Å². The summed E-state index contributed by atoms with van der Waals surface area (Å²) in [5.41, 5.74) is 0.352. The molecule has 2 aromatic carbocycles. The zero-order valence-corrected chi connectivity index (χ0v) is 16.7. The van der Waals surface area contributed by atoms with Crippen molar-refractivity contribution >= 4 is 22.8 Å². The second kappa shape index (κ2) is 8.99. The van der Waals surface area contributed by atoms with E-state index >= 15 is 0 Å². The number of fused-ring (bicyclic) bond motifs is 1. The Morgan fingerprint density at radius 3 is 2.52 bits per heavy atom. The van der Waals surface area contributed by atoms with E-state index in [2.05, 4.69) is 5.32 Å². The molecule has 0 atom stereocenters. The number of piperidine rings is 1. The molecule has 1 aliphatic rings. The summed E-state index contributed by atoms with van der Waals surface area (Å²) in [5, 5.41) is 3.69. The highest BCUT2D eigenvalue weighted by Crippen LogP contribution is 2.20. The van der Waals surface area contributed by atoms with Gasteiger partial charge in [-0.25, -0.2) is 9.18 Å². The van der Waals surface area contributed by atoms with E-state index in [0.29, 0.717) is 42.8 Å². The van der Waals surface area contributed by atoms with Crippen molar-refractivity contribution in [3.8, 4) is 5.75 Å². The van der Waals surface area contributed by atoms with Crippen molar-refractivity contribution in [2.45, 2.75) is 18.9 Å². The minimum absolute atomic E-state index is 0.0501. The second-order valence-electron chi connectivity index (χ2n) is 7.38. The van der Waals surface area contributed by atoms with Crippen LogP contribution in [0, 0.1) is 5.82 Å².